The van der Waals surface area contributed by atoms with Gasteiger partial charge in [0.2, 0.25) is 6.79 Å². The van der Waals surface area contributed by atoms with Crippen molar-refractivity contribution in [3.05, 3.63) is 53.1 Å². The van der Waals surface area contributed by atoms with Crippen LogP contribution in [0.4, 0.5) is 5.69 Å². The van der Waals surface area contributed by atoms with Crippen molar-refractivity contribution < 1.29 is 19.2 Å². The number of hydrogen-bond acceptors (Lipinski definition) is 4. The molecule has 3 aliphatic rings. The molecule has 2 aromatic rings. The Morgan fingerprint density at radius 3 is 2.67 bits per heavy atom. The number of amidine groups is 1. The summed E-state index contributed by atoms with van der Waals surface area (Å²) in [5.41, 5.74) is 0.586. The van der Waals surface area contributed by atoms with Gasteiger partial charge in [0, 0.05) is 17.0 Å². The molecule has 0 fully saturated rings. The molecule has 140 valence electrons. The Morgan fingerprint density at radius 2 is 1.81 bits per heavy atom. The first-order chi connectivity index (χ1) is 13.1. The quantitative estimate of drug-likeness (QED) is 0.800. The molecule has 0 bridgehead atoms. The third kappa shape index (κ3) is 2.77. The predicted molar refractivity (Wildman–Crippen MR) is 104 cm³/mol. The minimum Gasteiger partial charge on any atom is -0.454 e. The lowest BCUT2D eigenvalue weighted by atomic mass is 9.99. The van der Waals surface area contributed by atoms with Crippen molar-refractivity contribution in [3.63, 3.8) is 0 Å². The van der Waals surface area contributed by atoms with Gasteiger partial charge in [-0.25, -0.2) is 0 Å². The highest BCUT2D eigenvalue weighted by molar-refractivity contribution is 6.30. The number of benzene rings is 2. The second kappa shape index (κ2) is 6.43. The van der Waals surface area contributed by atoms with Gasteiger partial charge in [-0.05, 0) is 61.7 Å². The first-order valence-corrected chi connectivity index (χ1v) is 9.82. The molecule has 5 nitrogen and oxygen atoms in total. The molecule has 6 heteroatoms. The fraction of sp³-hybridized carbons (Fsp3) is 0.381. The Kier molecular flexibility index (Phi) is 4.02. The van der Waals surface area contributed by atoms with E-state index in [-0.39, 0.29) is 6.79 Å². The second-order valence-corrected chi connectivity index (χ2v) is 7.78. The van der Waals surface area contributed by atoms with Crippen LogP contribution in [0, 0.1) is 0 Å². The van der Waals surface area contributed by atoms with Crippen molar-refractivity contribution in [2.24, 2.45) is 0 Å². The van der Waals surface area contributed by atoms with Crippen LogP contribution in [0.15, 0.2) is 42.5 Å². The number of rotatable bonds is 2. The topological polar surface area (TPSA) is 44.9 Å². The molecule has 1 atom stereocenters. The van der Waals surface area contributed by atoms with E-state index in [2.05, 4.69) is 9.48 Å². The van der Waals surface area contributed by atoms with E-state index in [0.717, 1.165) is 42.8 Å². The van der Waals surface area contributed by atoms with Crippen molar-refractivity contribution in [2.75, 3.05) is 24.8 Å². The third-order valence-electron chi connectivity index (χ3n) is 5.65. The zero-order valence-electron chi connectivity index (χ0n) is 15.0. The van der Waals surface area contributed by atoms with Gasteiger partial charge in [0.1, 0.15) is 5.69 Å². The standard InChI is InChI=1S/C21H22ClN2O3/c22-16-6-8-17(9-7-16)24-20-4-2-1-3-11-23(20)13-21(24,25)15-5-10-18-19(12-15)27-14-26-18/h5-10,12,25H,1-4,11,13-14H2/q+1/t21-/m0/s1. The van der Waals surface area contributed by atoms with Gasteiger partial charge < -0.3 is 14.6 Å². The first kappa shape index (κ1) is 16.9. The Hall–Kier alpha value is -2.24. The Bertz CT molecular complexity index is 912. The Balaban J connectivity index is 1.62. The molecule has 0 spiro atoms. The van der Waals surface area contributed by atoms with Gasteiger partial charge in [-0.1, -0.05) is 11.6 Å². The molecule has 3 aliphatic heterocycles. The normalized spacial score (nSPS) is 24.1. The Labute approximate surface area is 163 Å². The van der Waals surface area contributed by atoms with E-state index in [1.54, 1.807) is 0 Å². The molecule has 0 saturated carbocycles. The molecule has 0 amide bonds. The van der Waals surface area contributed by atoms with E-state index < -0.39 is 5.72 Å². The molecular formula is C21H22ClN2O3+. The molecule has 0 aromatic heterocycles. The van der Waals surface area contributed by atoms with Gasteiger partial charge in [-0.3, -0.25) is 4.58 Å². The summed E-state index contributed by atoms with van der Waals surface area (Å²) in [5, 5.41) is 12.6. The SMILES string of the molecule is O[C@]1(c2ccc3c(c2)OCO3)C[N+]2=C(CCCCC2)N1c1ccc(Cl)cc1. The maximum atomic E-state index is 11.9. The van der Waals surface area contributed by atoms with Crippen LogP contribution in [-0.4, -0.2) is 35.4 Å². The monoisotopic (exact) mass is 385 g/mol. The average Bonchev–Trinajstić information content (AvgIpc) is 3.18. The van der Waals surface area contributed by atoms with Crippen molar-refractivity contribution in [1.29, 1.82) is 0 Å². The summed E-state index contributed by atoms with van der Waals surface area (Å²) in [6, 6.07) is 13.4. The van der Waals surface area contributed by atoms with Crippen LogP contribution in [0.1, 0.15) is 31.2 Å². The number of fused-ring (bicyclic) bond motifs is 1. The van der Waals surface area contributed by atoms with Crippen LogP contribution in [0.25, 0.3) is 0 Å². The number of hydrogen-bond donors (Lipinski definition) is 1. The molecule has 1 N–H and O–H groups in total. The number of nitrogens with zero attached hydrogens (tertiary/aromatic N) is 2. The van der Waals surface area contributed by atoms with Crippen molar-refractivity contribution in [3.8, 4) is 11.5 Å². The van der Waals surface area contributed by atoms with E-state index >= 15 is 0 Å². The van der Waals surface area contributed by atoms with Crippen LogP contribution >= 0.6 is 11.6 Å². The molecule has 0 radical (unpaired) electrons. The van der Waals surface area contributed by atoms with Crippen molar-refractivity contribution in [1.82, 2.24) is 0 Å². The van der Waals surface area contributed by atoms with E-state index in [0.29, 0.717) is 17.3 Å². The lowest BCUT2D eigenvalue weighted by molar-refractivity contribution is -0.534. The van der Waals surface area contributed by atoms with Gasteiger partial charge in [-0.2, -0.15) is 4.90 Å². The van der Waals surface area contributed by atoms with E-state index in [1.165, 1.54) is 12.3 Å². The van der Waals surface area contributed by atoms with E-state index in [9.17, 15) is 5.11 Å². The fourth-order valence-corrected chi connectivity index (χ4v) is 4.47. The maximum absolute atomic E-state index is 11.9. The number of halogens is 1. The third-order valence-corrected chi connectivity index (χ3v) is 5.90. The highest BCUT2D eigenvalue weighted by atomic mass is 35.5. The minimum absolute atomic E-state index is 0.224. The number of anilines is 1. The van der Waals surface area contributed by atoms with E-state index in [1.807, 2.05) is 42.5 Å². The minimum atomic E-state index is -1.17. The van der Waals surface area contributed by atoms with Gasteiger partial charge in [0.25, 0.3) is 11.6 Å². The number of ether oxygens (including phenoxy) is 2. The van der Waals surface area contributed by atoms with Crippen LogP contribution in [0.3, 0.4) is 0 Å². The van der Waals surface area contributed by atoms with Crippen molar-refractivity contribution in [2.45, 2.75) is 31.4 Å². The molecule has 0 unspecified atom stereocenters. The first-order valence-electron chi connectivity index (χ1n) is 9.44. The number of aliphatic hydroxyl groups is 1. The average molecular weight is 386 g/mol. The summed E-state index contributed by atoms with van der Waals surface area (Å²) < 4.78 is 13.3. The van der Waals surface area contributed by atoms with Crippen LogP contribution < -0.4 is 14.4 Å². The summed E-state index contributed by atoms with van der Waals surface area (Å²) in [6.07, 6.45) is 4.45. The van der Waals surface area contributed by atoms with Gasteiger partial charge >= 0.3 is 0 Å². The zero-order chi connectivity index (χ0) is 18.4. The van der Waals surface area contributed by atoms with Gasteiger partial charge in [-0.15, -0.1) is 0 Å². The predicted octanol–water partition coefficient (Wildman–Crippen LogP) is 3.72. The summed E-state index contributed by atoms with van der Waals surface area (Å²) in [4.78, 5) is 2.08. The zero-order valence-corrected chi connectivity index (χ0v) is 15.8. The lowest BCUT2D eigenvalue weighted by Gasteiger charge is -2.29. The second-order valence-electron chi connectivity index (χ2n) is 7.34. The van der Waals surface area contributed by atoms with E-state index in [4.69, 9.17) is 21.1 Å². The molecule has 3 heterocycles. The Morgan fingerprint density at radius 1 is 1.00 bits per heavy atom. The van der Waals surface area contributed by atoms with Crippen LogP contribution in [-0.2, 0) is 5.72 Å². The largest absolute Gasteiger partial charge is 0.454 e. The maximum Gasteiger partial charge on any atom is 0.275 e. The van der Waals surface area contributed by atoms with Crippen molar-refractivity contribution >= 4 is 23.1 Å². The summed E-state index contributed by atoms with van der Waals surface area (Å²) in [5.74, 6) is 2.58. The fourth-order valence-electron chi connectivity index (χ4n) is 4.34. The molecule has 5 rings (SSSR count). The summed E-state index contributed by atoms with van der Waals surface area (Å²) in [7, 11) is 0. The smallest absolute Gasteiger partial charge is 0.275 e. The highest BCUT2D eigenvalue weighted by Gasteiger charge is 2.54. The van der Waals surface area contributed by atoms with Gasteiger partial charge in [0.15, 0.2) is 18.0 Å². The summed E-state index contributed by atoms with van der Waals surface area (Å²) in [6.45, 7) is 1.72. The van der Waals surface area contributed by atoms with Crippen LogP contribution in [0.5, 0.6) is 11.5 Å². The molecule has 0 saturated heterocycles. The summed E-state index contributed by atoms with van der Waals surface area (Å²) >= 11 is 6.11. The lowest BCUT2D eigenvalue weighted by Crippen LogP contribution is -2.47. The van der Waals surface area contributed by atoms with Crippen LogP contribution in [0.2, 0.25) is 5.02 Å². The molecular weight excluding hydrogens is 364 g/mol. The van der Waals surface area contributed by atoms with Gasteiger partial charge in [0.05, 0.1) is 6.54 Å². The molecule has 2 aromatic carbocycles. The molecule has 0 aliphatic carbocycles. The highest BCUT2D eigenvalue weighted by Crippen LogP contribution is 2.42. The molecule has 27 heavy (non-hydrogen) atoms.